The van der Waals surface area contributed by atoms with Gasteiger partial charge in [-0.25, -0.2) is 0 Å². The van der Waals surface area contributed by atoms with Gasteiger partial charge in [-0.05, 0) is 12.1 Å². The smallest absolute Gasteiger partial charge is 0.326 e. The van der Waals surface area contributed by atoms with Crippen LogP contribution in [0.2, 0.25) is 0 Å². The van der Waals surface area contributed by atoms with Crippen molar-refractivity contribution in [2.45, 2.75) is 0 Å². The van der Waals surface area contributed by atoms with Crippen molar-refractivity contribution in [2.75, 3.05) is 5.32 Å². The summed E-state index contributed by atoms with van der Waals surface area (Å²) in [6.07, 6.45) is 0. The van der Waals surface area contributed by atoms with Crippen molar-refractivity contribution < 1.29 is 34.4 Å². The number of anilines is 1. The fourth-order valence-electron chi connectivity index (χ4n) is 1.10. The number of aromatic nitrogens is 4. The van der Waals surface area contributed by atoms with Crippen LogP contribution in [0.4, 0.5) is 5.69 Å². The minimum atomic E-state index is -0.548. The van der Waals surface area contributed by atoms with E-state index in [0.717, 1.165) is 0 Å². The molecule has 1 aromatic heterocycles. The molecule has 1 N–H and O–H groups in total. The van der Waals surface area contributed by atoms with Gasteiger partial charge in [-0.3, -0.25) is 15.1 Å². The molecule has 0 aliphatic rings. The number of rotatable bonds is 2. The minimum absolute atomic E-state index is 0. The van der Waals surface area contributed by atoms with E-state index in [4.69, 9.17) is 5.26 Å². The van der Waals surface area contributed by atoms with Crippen molar-refractivity contribution in [2.24, 2.45) is 0 Å². The van der Waals surface area contributed by atoms with Crippen molar-refractivity contribution in [1.29, 1.82) is 5.26 Å². The van der Waals surface area contributed by atoms with Gasteiger partial charge in [0.2, 0.25) is 0 Å². The maximum Gasteiger partial charge on any atom is 1.00 e. The van der Waals surface area contributed by atoms with Crippen molar-refractivity contribution in [3.05, 3.63) is 35.7 Å². The van der Waals surface area contributed by atoms with Gasteiger partial charge in [0.25, 0.3) is 5.91 Å². The molecule has 2 rings (SSSR count). The largest absolute Gasteiger partial charge is 1.00 e. The van der Waals surface area contributed by atoms with Gasteiger partial charge >= 0.3 is 29.6 Å². The first-order chi connectivity index (χ1) is 7.81. The third-order valence-corrected chi connectivity index (χ3v) is 1.82. The second-order valence-electron chi connectivity index (χ2n) is 2.81. The molecule has 0 spiro atoms. The first-order valence-electron chi connectivity index (χ1n) is 4.30. The predicted octanol–water partition coefficient (Wildman–Crippen LogP) is -3.04. The number of carbonyl (C=O) groups is 1. The Hall–Kier alpha value is -1.75. The Bertz CT molecular complexity index is 547. The normalized spacial score (nSPS) is 8.88. The molecule has 1 aromatic carbocycles. The topological polar surface area (TPSA) is 106 Å². The summed E-state index contributed by atoms with van der Waals surface area (Å²) in [5.41, 5.74) is 0.767. The molecule has 0 aliphatic carbocycles. The summed E-state index contributed by atoms with van der Waals surface area (Å²) >= 11 is 0. The molecule has 8 heteroatoms. The molecule has 0 aliphatic heterocycles. The number of tetrazole rings is 1. The van der Waals surface area contributed by atoms with Gasteiger partial charge in [0, 0.05) is 0 Å². The van der Waals surface area contributed by atoms with Gasteiger partial charge in [-0.15, -0.1) is 0 Å². The Morgan fingerprint density at radius 3 is 2.82 bits per heavy atom. The van der Waals surface area contributed by atoms with Crippen LogP contribution in [0.3, 0.4) is 0 Å². The van der Waals surface area contributed by atoms with Crippen molar-refractivity contribution in [3.63, 3.8) is 0 Å². The van der Waals surface area contributed by atoms with Crippen molar-refractivity contribution >= 4 is 11.6 Å². The van der Waals surface area contributed by atoms with Crippen LogP contribution >= 0.6 is 0 Å². The van der Waals surface area contributed by atoms with Crippen LogP contribution in [0.15, 0.2) is 24.3 Å². The van der Waals surface area contributed by atoms with Gasteiger partial charge in [0.1, 0.15) is 6.07 Å². The van der Waals surface area contributed by atoms with Crippen LogP contribution in [-0.2, 0) is 0 Å². The van der Waals surface area contributed by atoms with Crippen molar-refractivity contribution in [1.82, 2.24) is 20.6 Å². The maximum absolute atomic E-state index is 11.5. The fourth-order valence-corrected chi connectivity index (χ4v) is 1.10. The summed E-state index contributed by atoms with van der Waals surface area (Å²) in [5, 5.41) is 24.5. The van der Waals surface area contributed by atoms with Gasteiger partial charge in [-0.1, -0.05) is 12.1 Å². The third kappa shape index (κ3) is 3.10. The van der Waals surface area contributed by atoms with E-state index in [1.165, 1.54) is 0 Å². The summed E-state index contributed by atoms with van der Waals surface area (Å²) in [6.45, 7) is 0. The zero-order chi connectivity index (χ0) is 11.4. The van der Waals surface area contributed by atoms with E-state index >= 15 is 0 Å². The van der Waals surface area contributed by atoms with E-state index in [0.29, 0.717) is 11.3 Å². The van der Waals surface area contributed by atoms with Crippen LogP contribution in [0.5, 0.6) is 0 Å². The molecular formula is C9H5N6NaO. The number of para-hydroxylation sites is 1. The predicted molar refractivity (Wildman–Crippen MR) is 52.3 cm³/mol. The summed E-state index contributed by atoms with van der Waals surface area (Å²) < 4.78 is 0. The molecule has 0 atom stereocenters. The number of benzene rings is 1. The standard InChI is InChI=1S/C9H6N6O.Na/c10-5-6-3-1-2-4-7(6)11-9(16)8-12-14-15-13-8;/h1-4H,(H2,11,12,13,14,15,16);/q;+1/p-1. The van der Waals surface area contributed by atoms with Gasteiger partial charge in [0.05, 0.1) is 17.1 Å². The second kappa shape index (κ2) is 6.10. The van der Waals surface area contributed by atoms with Crippen LogP contribution in [0, 0.1) is 11.3 Å². The Morgan fingerprint density at radius 2 is 2.18 bits per heavy atom. The van der Waals surface area contributed by atoms with Crippen LogP contribution in [0.25, 0.3) is 0 Å². The molecule has 1 heterocycles. The molecule has 2 aromatic rings. The number of carbonyl (C=O) groups excluding carboxylic acids is 1. The maximum atomic E-state index is 11.5. The Morgan fingerprint density at radius 1 is 1.41 bits per heavy atom. The number of amides is 1. The first kappa shape index (κ1) is 13.3. The SMILES string of the molecule is N#Cc1ccccc1NC(=O)c1nnn[n-]1.[Na+]. The molecule has 0 radical (unpaired) electrons. The monoisotopic (exact) mass is 236 g/mol. The average Bonchev–Trinajstić information content (AvgIpc) is 2.83. The summed E-state index contributed by atoms with van der Waals surface area (Å²) in [4.78, 5) is 11.5. The summed E-state index contributed by atoms with van der Waals surface area (Å²) in [6, 6.07) is 8.58. The van der Waals surface area contributed by atoms with E-state index < -0.39 is 5.91 Å². The molecule has 0 saturated heterocycles. The van der Waals surface area contributed by atoms with E-state index in [2.05, 4.69) is 25.9 Å². The molecule has 0 saturated carbocycles. The Balaban J connectivity index is 0.00000144. The third-order valence-electron chi connectivity index (χ3n) is 1.82. The molecule has 0 bridgehead atoms. The zero-order valence-electron chi connectivity index (χ0n) is 8.95. The quantitative estimate of drug-likeness (QED) is 0.555. The number of nitriles is 1. The summed E-state index contributed by atoms with van der Waals surface area (Å²) in [7, 11) is 0. The van der Waals surface area contributed by atoms with E-state index in [1.807, 2.05) is 6.07 Å². The van der Waals surface area contributed by atoms with Gasteiger partial charge in [0.15, 0.2) is 0 Å². The molecule has 7 nitrogen and oxygen atoms in total. The number of nitrogens with zero attached hydrogens (tertiary/aromatic N) is 5. The number of nitrogens with one attached hydrogen (secondary N) is 1. The van der Waals surface area contributed by atoms with E-state index in [1.54, 1.807) is 24.3 Å². The number of hydrogen-bond donors (Lipinski definition) is 1. The second-order valence-corrected chi connectivity index (χ2v) is 2.81. The Labute approximate surface area is 119 Å². The molecule has 78 valence electrons. The average molecular weight is 236 g/mol. The van der Waals surface area contributed by atoms with Crippen molar-refractivity contribution in [3.8, 4) is 6.07 Å². The molecule has 17 heavy (non-hydrogen) atoms. The minimum Gasteiger partial charge on any atom is -0.326 e. The molecular weight excluding hydrogens is 231 g/mol. The first-order valence-corrected chi connectivity index (χ1v) is 4.30. The van der Waals surface area contributed by atoms with Crippen LogP contribution in [0.1, 0.15) is 16.2 Å². The van der Waals surface area contributed by atoms with Crippen LogP contribution < -0.4 is 40.0 Å². The van der Waals surface area contributed by atoms with Gasteiger partial charge in [-0.2, -0.15) is 10.5 Å². The van der Waals surface area contributed by atoms with Gasteiger partial charge < -0.3 is 10.4 Å². The zero-order valence-corrected chi connectivity index (χ0v) is 11.0. The number of hydrogen-bond acceptors (Lipinski definition) is 5. The van der Waals surface area contributed by atoms with E-state index in [9.17, 15) is 4.79 Å². The summed E-state index contributed by atoms with van der Waals surface area (Å²) in [5.74, 6) is -0.680. The molecule has 0 fully saturated rings. The molecule has 1 amide bonds. The molecule has 0 unspecified atom stereocenters. The van der Waals surface area contributed by atoms with E-state index in [-0.39, 0.29) is 35.4 Å². The fraction of sp³-hybridized carbons (Fsp3) is 0. The van der Waals surface area contributed by atoms with Crippen LogP contribution in [-0.4, -0.2) is 21.4 Å². The Kier molecular flexibility index (Phi) is 4.78.